The molecule has 1 amide bonds. The summed E-state index contributed by atoms with van der Waals surface area (Å²) in [6, 6.07) is 12.8. The van der Waals surface area contributed by atoms with Crippen molar-refractivity contribution in [3.05, 3.63) is 58.5 Å². The van der Waals surface area contributed by atoms with Crippen LogP contribution in [0.15, 0.2) is 52.4 Å². The highest BCUT2D eigenvalue weighted by atomic mass is 32.2. The molecular formula is C20H18N2O4S. The van der Waals surface area contributed by atoms with Crippen LogP contribution in [0, 0.1) is 6.92 Å². The maximum atomic E-state index is 12.2. The maximum Gasteiger partial charge on any atom is 0.308 e. The Balaban J connectivity index is 1.81. The summed E-state index contributed by atoms with van der Waals surface area (Å²) in [5, 5.41) is 3.29. The molecule has 7 heteroatoms. The second-order valence-corrected chi connectivity index (χ2v) is 6.85. The van der Waals surface area contributed by atoms with Crippen molar-refractivity contribution < 1.29 is 19.1 Å². The molecule has 0 unspecified atom stereocenters. The van der Waals surface area contributed by atoms with Crippen LogP contribution in [0.2, 0.25) is 0 Å². The molecule has 0 atom stereocenters. The highest BCUT2D eigenvalue weighted by molar-refractivity contribution is 8.18. The van der Waals surface area contributed by atoms with Gasteiger partial charge in [0.25, 0.3) is 5.91 Å². The molecule has 0 saturated carbocycles. The number of hydrogen-bond donors (Lipinski definition) is 1. The van der Waals surface area contributed by atoms with Gasteiger partial charge in [-0.2, -0.15) is 0 Å². The van der Waals surface area contributed by atoms with Gasteiger partial charge in [-0.05, 0) is 54.6 Å². The summed E-state index contributed by atoms with van der Waals surface area (Å²) in [7, 11) is 1.49. The van der Waals surface area contributed by atoms with Crippen LogP contribution in [0.1, 0.15) is 18.1 Å². The Hall–Kier alpha value is -3.06. The number of ether oxygens (including phenoxy) is 2. The van der Waals surface area contributed by atoms with Crippen LogP contribution in [0.5, 0.6) is 11.5 Å². The topological polar surface area (TPSA) is 77.0 Å². The maximum absolute atomic E-state index is 12.2. The Morgan fingerprint density at radius 2 is 1.89 bits per heavy atom. The van der Waals surface area contributed by atoms with Gasteiger partial charge in [-0.15, -0.1) is 0 Å². The standard InChI is InChI=1S/C20H18N2O4S/c1-12-4-7-15(8-5-12)21-20-22-19(24)18(27-20)11-14-6-9-16(26-13(2)23)17(10-14)25-3/h4-11H,1-3H3,(H,21,22,24)/b18-11-. The van der Waals surface area contributed by atoms with Crippen molar-refractivity contribution in [2.45, 2.75) is 13.8 Å². The van der Waals surface area contributed by atoms with E-state index < -0.39 is 5.97 Å². The second kappa shape index (κ2) is 8.09. The van der Waals surface area contributed by atoms with E-state index in [0.717, 1.165) is 16.8 Å². The molecule has 1 saturated heterocycles. The Morgan fingerprint density at radius 1 is 1.15 bits per heavy atom. The summed E-state index contributed by atoms with van der Waals surface area (Å²) in [5.41, 5.74) is 2.67. The van der Waals surface area contributed by atoms with Gasteiger partial charge in [0.05, 0.1) is 17.7 Å². The number of benzene rings is 2. The number of amidine groups is 1. The Kier molecular flexibility index (Phi) is 5.61. The molecule has 0 aromatic heterocycles. The van der Waals surface area contributed by atoms with Gasteiger partial charge in [0, 0.05) is 6.92 Å². The number of nitrogens with one attached hydrogen (secondary N) is 1. The summed E-state index contributed by atoms with van der Waals surface area (Å²) in [6.07, 6.45) is 1.73. The second-order valence-electron chi connectivity index (χ2n) is 5.82. The van der Waals surface area contributed by atoms with Crippen LogP contribution < -0.4 is 14.8 Å². The van der Waals surface area contributed by atoms with Crippen LogP contribution >= 0.6 is 11.8 Å². The predicted octanol–water partition coefficient (Wildman–Crippen LogP) is 3.82. The summed E-state index contributed by atoms with van der Waals surface area (Å²) < 4.78 is 10.3. The van der Waals surface area contributed by atoms with Crippen LogP contribution in [0.4, 0.5) is 5.69 Å². The number of carbonyl (C=O) groups excluding carboxylic acids is 2. The number of aryl methyl sites for hydroxylation is 1. The van der Waals surface area contributed by atoms with Gasteiger partial charge in [-0.1, -0.05) is 23.8 Å². The van der Waals surface area contributed by atoms with E-state index in [2.05, 4.69) is 10.3 Å². The van der Waals surface area contributed by atoms with Crippen molar-refractivity contribution in [3.63, 3.8) is 0 Å². The first kappa shape index (κ1) is 18.7. The monoisotopic (exact) mass is 382 g/mol. The van der Waals surface area contributed by atoms with E-state index in [1.807, 2.05) is 31.2 Å². The number of thioether (sulfide) groups is 1. The third kappa shape index (κ3) is 4.77. The fourth-order valence-electron chi connectivity index (χ4n) is 2.38. The van der Waals surface area contributed by atoms with Gasteiger partial charge < -0.3 is 14.8 Å². The van der Waals surface area contributed by atoms with Crippen molar-refractivity contribution >= 4 is 40.6 Å². The minimum absolute atomic E-state index is 0.214. The minimum atomic E-state index is -0.429. The van der Waals surface area contributed by atoms with E-state index >= 15 is 0 Å². The number of carbonyl (C=O) groups is 2. The molecule has 1 heterocycles. The average Bonchev–Trinajstić information content (AvgIpc) is 2.97. The first-order valence-electron chi connectivity index (χ1n) is 8.17. The summed E-state index contributed by atoms with van der Waals surface area (Å²) in [5.74, 6) is 0.102. The Morgan fingerprint density at radius 3 is 2.56 bits per heavy atom. The summed E-state index contributed by atoms with van der Waals surface area (Å²) in [4.78, 5) is 28.3. The van der Waals surface area contributed by atoms with Gasteiger partial charge in [0.15, 0.2) is 16.7 Å². The molecule has 1 aliphatic rings. The van der Waals surface area contributed by atoms with Crippen molar-refractivity contribution in [1.29, 1.82) is 0 Å². The van der Waals surface area contributed by atoms with E-state index in [-0.39, 0.29) is 5.91 Å². The zero-order chi connectivity index (χ0) is 19.4. The zero-order valence-corrected chi connectivity index (χ0v) is 15.9. The number of aliphatic imine (C=N–C) groups is 1. The highest BCUT2D eigenvalue weighted by Gasteiger charge is 2.24. The molecule has 0 bridgehead atoms. The van der Waals surface area contributed by atoms with E-state index in [4.69, 9.17) is 9.47 Å². The lowest BCUT2D eigenvalue weighted by molar-refractivity contribution is -0.132. The average molecular weight is 382 g/mol. The first-order valence-corrected chi connectivity index (χ1v) is 8.99. The quantitative estimate of drug-likeness (QED) is 0.494. The Bertz CT molecular complexity index is 949. The molecule has 1 fully saturated rings. The van der Waals surface area contributed by atoms with Gasteiger partial charge in [0.1, 0.15) is 0 Å². The molecule has 0 spiro atoms. The molecule has 138 valence electrons. The normalized spacial score (nSPS) is 16.5. The lowest BCUT2D eigenvalue weighted by Crippen LogP contribution is -2.19. The van der Waals surface area contributed by atoms with Crippen molar-refractivity contribution in [3.8, 4) is 11.5 Å². The fourth-order valence-corrected chi connectivity index (χ4v) is 3.22. The number of nitrogens with zero attached hydrogens (tertiary/aromatic N) is 1. The fraction of sp³-hybridized carbons (Fsp3) is 0.150. The smallest absolute Gasteiger partial charge is 0.308 e. The van der Waals surface area contributed by atoms with E-state index in [1.54, 1.807) is 24.3 Å². The number of hydrogen-bond acceptors (Lipinski definition) is 6. The van der Waals surface area contributed by atoms with Gasteiger partial charge in [-0.25, -0.2) is 4.99 Å². The number of methoxy groups -OCH3 is 1. The molecule has 1 aliphatic heterocycles. The molecule has 6 nitrogen and oxygen atoms in total. The molecule has 2 aromatic carbocycles. The molecular weight excluding hydrogens is 364 g/mol. The minimum Gasteiger partial charge on any atom is -0.493 e. The molecule has 0 radical (unpaired) electrons. The molecule has 27 heavy (non-hydrogen) atoms. The van der Waals surface area contributed by atoms with Crippen molar-refractivity contribution in [2.24, 2.45) is 4.99 Å². The van der Waals surface area contributed by atoms with Gasteiger partial charge >= 0.3 is 5.97 Å². The molecule has 3 rings (SSSR count). The Labute approximate surface area is 161 Å². The van der Waals surface area contributed by atoms with Crippen molar-refractivity contribution in [1.82, 2.24) is 5.32 Å². The van der Waals surface area contributed by atoms with E-state index in [9.17, 15) is 9.59 Å². The summed E-state index contributed by atoms with van der Waals surface area (Å²) in [6.45, 7) is 3.33. The lowest BCUT2D eigenvalue weighted by atomic mass is 10.2. The number of amides is 1. The van der Waals surface area contributed by atoms with Crippen LogP contribution in [-0.2, 0) is 9.59 Å². The van der Waals surface area contributed by atoms with Gasteiger partial charge in [0.2, 0.25) is 0 Å². The zero-order valence-electron chi connectivity index (χ0n) is 15.1. The van der Waals surface area contributed by atoms with E-state index in [0.29, 0.717) is 21.6 Å². The third-order valence-electron chi connectivity index (χ3n) is 3.65. The lowest BCUT2D eigenvalue weighted by Gasteiger charge is -2.08. The van der Waals surface area contributed by atoms with Crippen LogP contribution in [-0.4, -0.2) is 24.2 Å². The SMILES string of the molecule is COc1cc(/C=C2\SC(=Nc3ccc(C)cc3)NC2=O)ccc1OC(C)=O. The molecule has 2 aromatic rings. The predicted molar refractivity (Wildman–Crippen MR) is 106 cm³/mol. The largest absolute Gasteiger partial charge is 0.493 e. The molecule has 0 aliphatic carbocycles. The van der Waals surface area contributed by atoms with Gasteiger partial charge in [-0.3, -0.25) is 9.59 Å². The first-order chi connectivity index (χ1) is 12.9. The summed E-state index contributed by atoms with van der Waals surface area (Å²) >= 11 is 1.27. The highest BCUT2D eigenvalue weighted by Crippen LogP contribution is 2.32. The van der Waals surface area contributed by atoms with E-state index in [1.165, 1.54) is 25.8 Å². The number of esters is 1. The molecule has 1 N–H and O–H groups in total. The van der Waals surface area contributed by atoms with Crippen molar-refractivity contribution in [2.75, 3.05) is 7.11 Å². The third-order valence-corrected chi connectivity index (χ3v) is 4.56. The van der Waals surface area contributed by atoms with Crippen LogP contribution in [0.25, 0.3) is 6.08 Å². The number of rotatable bonds is 4. The van der Waals surface area contributed by atoms with Crippen LogP contribution in [0.3, 0.4) is 0 Å².